The summed E-state index contributed by atoms with van der Waals surface area (Å²) in [6.07, 6.45) is 0. The second-order valence-electron chi connectivity index (χ2n) is 0.448. The number of hydrogen-bond acceptors (Lipinski definition) is 2. The zero-order valence-corrected chi connectivity index (χ0v) is 6.66. The van der Waals surface area contributed by atoms with E-state index in [1.807, 2.05) is 0 Å². The maximum absolute atomic E-state index is 9.05. The van der Waals surface area contributed by atoms with E-state index in [1.165, 1.54) is 0 Å². The Morgan fingerprint density at radius 1 is 1.10 bits per heavy atom. The average molecular weight is 194 g/mol. The third kappa shape index (κ3) is 956. The minimum atomic E-state index is -3.97. The first-order chi connectivity index (χ1) is 4.00. The fourth-order valence-corrected chi connectivity index (χ4v) is 0. The van der Waals surface area contributed by atoms with Gasteiger partial charge in [0.15, 0.2) is 0 Å². The molecule has 0 fully saturated rings. The summed E-state index contributed by atoms with van der Waals surface area (Å²) in [5, 5.41) is 0. The van der Waals surface area contributed by atoms with Crippen LogP contribution in [0.5, 0.6) is 0 Å². The molecule has 0 aliphatic carbocycles. The molecule has 6 heteroatoms. The summed E-state index contributed by atoms with van der Waals surface area (Å²) in [6, 6.07) is 0. The van der Waals surface area contributed by atoms with Crippen LogP contribution < -0.4 is 0 Å². The average Bonchev–Trinajstić information content (AvgIpc) is 1.72. The Labute approximate surface area is 89.1 Å². The van der Waals surface area contributed by atoms with Crippen LogP contribution in [0.2, 0.25) is 0 Å². The topological polar surface area (TPSA) is 54.4 Å². The standard InChI is InChI=1S/2C2H4.Na.H2O3S2.H/c2*1-2;;1-5(2,3)4;/h2*1-2H2;;(H2,1,2,3,4);. The Balaban J connectivity index is -0.0000000315. The molecule has 0 aromatic rings. The fraction of sp³-hybridized carbons (Fsp3) is 0. The van der Waals surface area contributed by atoms with E-state index >= 15 is 0 Å². The third-order valence-corrected chi connectivity index (χ3v) is 0. The SMILES string of the molecule is C=C.C=C.O=S(=O)(O)S.[NaH]. The fourth-order valence-electron chi connectivity index (χ4n) is 0. The van der Waals surface area contributed by atoms with E-state index in [9.17, 15) is 0 Å². The van der Waals surface area contributed by atoms with E-state index < -0.39 is 9.15 Å². The van der Waals surface area contributed by atoms with Crippen LogP contribution in [-0.2, 0) is 9.15 Å². The molecule has 0 heterocycles. The van der Waals surface area contributed by atoms with Crippen molar-refractivity contribution >= 4 is 50.4 Å². The molecule has 0 aliphatic rings. The van der Waals surface area contributed by atoms with Crippen molar-refractivity contribution in [3.8, 4) is 0 Å². The van der Waals surface area contributed by atoms with Gasteiger partial charge in [-0.05, 0) is 11.7 Å². The number of hydrogen-bond donors (Lipinski definition) is 2. The quantitative estimate of drug-likeness (QED) is 0.196. The summed E-state index contributed by atoms with van der Waals surface area (Å²) in [4.78, 5) is 0. The molecule has 0 saturated heterocycles. The Hall–Kier alpha value is 0.740. The summed E-state index contributed by atoms with van der Waals surface area (Å²) in [5.74, 6) is 0. The molecule has 1 N–H and O–H groups in total. The van der Waals surface area contributed by atoms with Gasteiger partial charge in [0.25, 0.3) is 0 Å². The zero-order valence-electron chi connectivity index (χ0n) is 4.95. The van der Waals surface area contributed by atoms with Gasteiger partial charge in [0, 0.05) is 0 Å². The molecule has 0 spiro atoms. The Kier molecular flexibility index (Phi) is 36.7. The zero-order chi connectivity index (χ0) is 8.50. The van der Waals surface area contributed by atoms with Crippen molar-refractivity contribution in [3.05, 3.63) is 26.3 Å². The van der Waals surface area contributed by atoms with Crippen LogP contribution in [0.4, 0.5) is 0 Å². The predicted octanol–water partition coefficient (Wildman–Crippen LogP) is 0.675. The second-order valence-corrected chi connectivity index (χ2v) is 2.73. The second kappa shape index (κ2) is 16.4. The van der Waals surface area contributed by atoms with Crippen molar-refractivity contribution in [1.82, 2.24) is 0 Å². The van der Waals surface area contributed by atoms with E-state index in [1.54, 1.807) is 0 Å². The molecule has 0 aliphatic heterocycles. The van der Waals surface area contributed by atoms with Crippen LogP contribution in [0, 0.1) is 0 Å². The normalized spacial score (nSPS) is 6.60. The first kappa shape index (κ1) is 22.4. The molecule has 0 aromatic heterocycles. The van der Waals surface area contributed by atoms with Gasteiger partial charge in [-0.2, -0.15) is 8.42 Å². The number of thiol groups is 1. The van der Waals surface area contributed by atoms with Crippen LogP contribution in [0.1, 0.15) is 0 Å². The molecule has 0 amide bonds. The molecular formula is C4H11NaO3S2. The summed E-state index contributed by atoms with van der Waals surface area (Å²) >= 11 is 2.65. The van der Waals surface area contributed by atoms with Crippen molar-refractivity contribution in [2.45, 2.75) is 0 Å². The van der Waals surface area contributed by atoms with Crippen molar-refractivity contribution in [3.63, 3.8) is 0 Å². The monoisotopic (exact) mass is 194 g/mol. The first-order valence-corrected chi connectivity index (χ1v) is 4.19. The van der Waals surface area contributed by atoms with Gasteiger partial charge in [-0.25, -0.2) is 0 Å². The van der Waals surface area contributed by atoms with Gasteiger partial charge in [0.05, 0.1) is 0 Å². The summed E-state index contributed by atoms with van der Waals surface area (Å²) in [5.41, 5.74) is 0. The Morgan fingerprint density at radius 3 is 1.10 bits per heavy atom. The molecule has 0 saturated carbocycles. The Morgan fingerprint density at radius 2 is 1.10 bits per heavy atom. The van der Waals surface area contributed by atoms with Crippen LogP contribution in [-0.4, -0.2) is 42.5 Å². The summed E-state index contributed by atoms with van der Waals surface area (Å²) in [7, 11) is -3.97. The van der Waals surface area contributed by atoms with Crippen molar-refractivity contribution < 1.29 is 13.0 Å². The minimum absolute atomic E-state index is 0. The number of rotatable bonds is 0. The van der Waals surface area contributed by atoms with E-state index in [2.05, 4.69) is 38.0 Å². The van der Waals surface area contributed by atoms with Crippen LogP contribution in [0.3, 0.4) is 0 Å². The van der Waals surface area contributed by atoms with Crippen molar-refractivity contribution in [1.29, 1.82) is 0 Å². The molecule has 0 aromatic carbocycles. The Bertz CT molecular complexity index is 121. The van der Waals surface area contributed by atoms with Crippen molar-refractivity contribution in [2.24, 2.45) is 0 Å². The molecule has 0 atom stereocenters. The maximum atomic E-state index is 9.05. The van der Waals surface area contributed by atoms with Gasteiger partial charge < -0.3 is 0 Å². The van der Waals surface area contributed by atoms with E-state index in [0.29, 0.717) is 0 Å². The van der Waals surface area contributed by atoms with Gasteiger partial charge in [-0.3, -0.25) is 4.55 Å². The summed E-state index contributed by atoms with van der Waals surface area (Å²) < 4.78 is 25.5. The van der Waals surface area contributed by atoms with Crippen molar-refractivity contribution in [2.75, 3.05) is 0 Å². The molecule has 0 unspecified atom stereocenters. The first-order valence-electron chi connectivity index (χ1n) is 1.70. The van der Waals surface area contributed by atoms with Gasteiger partial charge in [0.2, 0.25) is 0 Å². The van der Waals surface area contributed by atoms with Gasteiger partial charge in [-0.15, -0.1) is 26.3 Å². The van der Waals surface area contributed by atoms with Gasteiger partial charge in [-0.1, -0.05) is 0 Å². The molecular weight excluding hydrogens is 183 g/mol. The molecule has 0 bridgehead atoms. The van der Waals surface area contributed by atoms with E-state index in [-0.39, 0.29) is 29.6 Å². The van der Waals surface area contributed by atoms with Crippen LogP contribution in [0.25, 0.3) is 0 Å². The van der Waals surface area contributed by atoms with Crippen LogP contribution >= 0.6 is 11.7 Å². The van der Waals surface area contributed by atoms with Crippen LogP contribution in [0.15, 0.2) is 26.3 Å². The molecule has 0 rings (SSSR count). The van der Waals surface area contributed by atoms with E-state index in [4.69, 9.17) is 13.0 Å². The third-order valence-electron chi connectivity index (χ3n) is 0. The van der Waals surface area contributed by atoms with Gasteiger partial charge >= 0.3 is 38.7 Å². The van der Waals surface area contributed by atoms with E-state index in [0.717, 1.165) is 0 Å². The molecule has 58 valence electrons. The van der Waals surface area contributed by atoms with Gasteiger partial charge in [0.1, 0.15) is 0 Å². The predicted molar refractivity (Wildman–Crippen MR) is 50.2 cm³/mol. The molecule has 0 radical (unpaired) electrons. The summed E-state index contributed by atoms with van der Waals surface area (Å²) in [6.45, 7) is 12.0. The molecule has 10 heavy (non-hydrogen) atoms. The molecule has 3 nitrogen and oxygen atoms in total.